The summed E-state index contributed by atoms with van der Waals surface area (Å²) in [7, 11) is 4.04. The van der Waals surface area contributed by atoms with Crippen molar-refractivity contribution in [3.8, 4) is 0 Å². The van der Waals surface area contributed by atoms with Crippen molar-refractivity contribution >= 4 is 22.8 Å². The first-order valence-electron chi connectivity index (χ1n) is 9.32. The van der Waals surface area contributed by atoms with Gasteiger partial charge in [0.05, 0.1) is 5.69 Å². The van der Waals surface area contributed by atoms with Crippen LogP contribution < -0.4 is 4.90 Å². The molecule has 0 spiro atoms. The summed E-state index contributed by atoms with van der Waals surface area (Å²) in [6.07, 6.45) is 0. The van der Waals surface area contributed by atoms with Gasteiger partial charge in [-0.15, -0.1) is 15.0 Å². The Hall–Kier alpha value is -3.28. The summed E-state index contributed by atoms with van der Waals surface area (Å²) in [5, 5.41) is 9.30. The first kappa shape index (κ1) is 18.1. The summed E-state index contributed by atoms with van der Waals surface area (Å²) in [6.45, 7) is 6.28. The molecule has 28 heavy (non-hydrogen) atoms. The number of aliphatic imine (C=N–C) groups is 1. The smallest absolute Gasteiger partial charge is 0.204 e. The Balaban J connectivity index is 1.82. The van der Waals surface area contributed by atoms with Crippen molar-refractivity contribution in [2.75, 3.05) is 19.0 Å². The van der Waals surface area contributed by atoms with E-state index in [4.69, 9.17) is 15.1 Å². The topological polar surface area (TPSA) is 58.7 Å². The Kier molecular flexibility index (Phi) is 4.34. The van der Waals surface area contributed by atoms with Crippen LogP contribution in [0.3, 0.4) is 0 Å². The zero-order chi connectivity index (χ0) is 19.9. The molecule has 142 valence electrons. The Bertz CT molecular complexity index is 1050. The molecule has 0 fully saturated rings. The van der Waals surface area contributed by atoms with Gasteiger partial charge in [-0.05, 0) is 24.3 Å². The monoisotopic (exact) mass is 372 g/mol. The van der Waals surface area contributed by atoms with E-state index in [1.807, 2.05) is 56.6 Å². The highest BCUT2D eigenvalue weighted by Crippen LogP contribution is 2.25. The molecular weight excluding hydrogens is 348 g/mol. The molecule has 0 N–H and O–H groups in total. The maximum atomic E-state index is 4.90. The van der Waals surface area contributed by atoms with Crippen LogP contribution in [0.1, 0.15) is 38.0 Å². The van der Waals surface area contributed by atoms with Crippen LogP contribution in [0.15, 0.2) is 64.7 Å². The highest BCUT2D eigenvalue weighted by molar-refractivity contribution is 6.54. The molecule has 0 aliphatic carbocycles. The van der Waals surface area contributed by atoms with Crippen LogP contribution in [0.25, 0.3) is 0 Å². The lowest BCUT2D eigenvalue weighted by Crippen LogP contribution is -2.17. The van der Waals surface area contributed by atoms with E-state index in [1.54, 1.807) is 4.79 Å². The van der Waals surface area contributed by atoms with Crippen LogP contribution in [0, 0.1) is 0 Å². The molecule has 1 aromatic heterocycles. The van der Waals surface area contributed by atoms with Crippen LogP contribution in [0.4, 0.5) is 11.4 Å². The van der Waals surface area contributed by atoms with Crippen molar-refractivity contribution in [2.24, 2.45) is 10.1 Å². The summed E-state index contributed by atoms with van der Waals surface area (Å²) < 4.78 is 0. The van der Waals surface area contributed by atoms with Crippen LogP contribution in [0.2, 0.25) is 0 Å². The summed E-state index contributed by atoms with van der Waals surface area (Å²) in [5.41, 5.74) is 4.36. The molecule has 6 nitrogen and oxygen atoms in total. The highest BCUT2D eigenvalue weighted by atomic mass is 15.6. The normalized spacial score (nSPS) is 14.9. The molecule has 0 unspecified atom stereocenters. The quantitative estimate of drug-likeness (QED) is 0.697. The van der Waals surface area contributed by atoms with Gasteiger partial charge in [0.2, 0.25) is 5.82 Å². The molecule has 2 aromatic carbocycles. The van der Waals surface area contributed by atoms with Crippen LogP contribution in [0.5, 0.6) is 0 Å². The minimum absolute atomic E-state index is 0.155. The van der Waals surface area contributed by atoms with E-state index in [-0.39, 0.29) is 5.41 Å². The molecule has 0 radical (unpaired) electrons. The lowest BCUT2D eigenvalue weighted by molar-refractivity contribution is 0.537. The third-order valence-corrected chi connectivity index (χ3v) is 4.55. The first-order valence-corrected chi connectivity index (χ1v) is 9.32. The Morgan fingerprint density at radius 1 is 0.929 bits per heavy atom. The average Bonchev–Trinajstić information content (AvgIpc) is 3.22. The van der Waals surface area contributed by atoms with Crippen LogP contribution in [-0.4, -0.2) is 40.4 Å². The van der Waals surface area contributed by atoms with Crippen molar-refractivity contribution in [3.05, 3.63) is 71.8 Å². The van der Waals surface area contributed by atoms with Gasteiger partial charge in [0.1, 0.15) is 11.4 Å². The molecule has 2 heterocycles. The zero-order valence-electron chi connectivity index (χ0n) is 16.9. The number of hydrogen-bond acceptors (Lipinski definition) is 5. The largest absolute Gasteiger partial charge is 0.378 e. The molecule has 0 atom stereocenters. The van der Waals surface area contributed by atoms with E-state index in [0.29, 0.717) is 5.82 Å². The number of rotatable bonds is 3. The highest BCUT2D eigenvalue weighted by Gasteiger charge is 2.31. The third-order valence-electron chi connectivity index (χ3n) is 4.55. The minimum Gasteiger partial charge on any atom is -0.378 e. The maximum Gasteiger partial charge on any atom is 0.204 e. The lowest BCUT2D eigenvalue weighted by atomic mass is 9.96. The fraction of sp³-hybridized carbons (Fsp3) is 0.273. The second kappa shape index (κ2) is 6.71. The molecule has 0 amide bonds. The van der Waals surface area contributed by atoms with Gasteiger partial charge < -0.3 is 4.90 Å². The third kappa shape index (κ3) is 3.33. The second-order valence-electron chi connectivity index (χ2n) is 8.08. The van der Waals surface area contributed by atoms with Gasteiger partial charge in [0.25, 0.3) is 0 Å². The first-order chi connectivity index (χ1) is 13.3. The van der Waals surface area contributed by atoms with E-state index < -0.39 is 0 Å². The van der Waals surface area contributed by atoms with E-state index in [9.17, 15) is 0 Å². The molecule has 0 saturated heterocycles. The Labute approximate surface area is 165 Å². The van der Waals surface area contributed by atoms with Crippen molar-refractivity contribution in [2.45, 2.75) is 26.2 Å². The summed E-state index contributed by atoms with van der Waals surface area (Å²) >= 11 is 0. The summed E-state index contributed by atoms with van der Waals surface area (Å²) in [6, 6.07) is 18.2. The van der Waals surface area contributed by atoms with Crippen molar-refractivity contribution in [1.82, 2.24) is 14.9 Å². The molecule has 1 aliphatic heterocycles. The zero-order valence-corrected chi connectivity index (χ0v) is 16.9. The predicted molar refractivity (Wildman–Crippen MR) is 114 cm³/mol. The van der Waals surface area contributed by atoms with Crippen LogP contribution in [-0.2, 0) is 5.41 Å². The van der Waals surface area contributed by atoms with Crippen molar-refractivity contribution < 1.29 is 0 Å². The van der Waals surface area contributed by atoms with E-state index in [2.05, 4.69) is 42.9 Å². The molecule has 4 rings (SSSR count). The minimum atomic E-state index is -0.155. The van der Waals surface area contributed by atoms with Gasteiger partial charge in [0, 0.05) is 30.8 Å². The van der Waals surface area contributed by atoms with Gasteiger partial charge in [0.15, 0.2) is 5.82 Å². The average molecular weight is 372 g/mol. The Morgan fingerprint density at radius 2 is 1.61 bits per heavy atom. The molecule has 1 aliphatic rings. The molecular formula is C22H24N6. The Morgan fingerprint density at radius 3 is 2.21 bits per heavy atom. The fourth-order valence-electron chi connectivity index (χ4n) is 2.94. The van der Waals surface area contributed by atoms with Gasteiger partial charge >= 0.3 is 0 Å². The molecule has 3 aromatic rings. The fourth-order valence-corrected chi connectivity index (χ4v) is 2.94. The van der Waals surface area contributed by atoms with E-state index in [1.165, 1.54) is 0 Å². The molecule has 0 bridgehead atoms. The number of aromatic nitrogens is 3. The maximum absolute atomic E-state index is 4.90. The van der Waals surface area contributed by atoms with Gasteiger partial charge in [-0.2, -0.15) is 0 Å². The van der Waals surface area contributed by atoms with Crippen molar-refractivity contribution in [3.63, 3.8) is 0 Å². The SMILES string of the molecule is CN(C)c1ccc(N=C2C(c3ccccc3)=Nn3nc(C(C)(C)C)nc32)cc1. The predicted octanol–water partition coefficient (Wildman–Crippen LogP) is 4.03. The number of nitrogens with zero attached hydrogens (tertiary/aromatic N) is 6. The summed E-state index contributed by atoms with van der Waals surface area (Å²) in [5.74, 6) is 1.44. The molecule has 0 saturated carbocycles. The number of hydrogen-bond donors (Lipinski definition) is 0. The molecule has 6 heteroatoms. The van der Waals surface area contributed by atoms with E-state index in [0.717, 1.165) is 34.2 Å². The lowest BCUT2D eigenvalue weighted by Gasteiger charge is -2.12. The number of fused-ring (bicyclic) bond motifs is 1. The van der Waals surface area contributed by atoms with Crippen molar-refractivity contribution in [1.29, 1.82) is 0 Å². The van der Waals surface area contributed by atoms with E-state index >= 15 is 0 Å². The van der Waals surface area contributed by atoms with Gasteiger partial charge in [-0.1, -0.05) is 51.1 Å². The standard InChI is InChI=1S/C22H24N6/c1-22(2,3)21-24-20-19(23-16-11-13-17(14-12-16)27(4)5)18(25-28(20)26-21)15-9-7-6-8-10-15/h6-14H,1-5H3. The number of anilines is 1. The summed E-state index contributed by atoms with van der Waals surface area (Å²) in [4.78, 5) is 13.3. The van der Waals surface area contributed by atoms with Gasteiger partial charge in [-0.3, -0.25) is 0 Å². The number of benzene rings is 2. The van der Waals surface area contributed by atoms with Crippen LogP contribution >= 0.6 is 0 Å². The second-order valence-corrected chi connectivity index (χ2v) is 8.08. The van der Waals surface area contributed by atoms with Gasteiger partial charge in [-0.25, -0.2) is 9.98 Å².